The van der Waals surface area contributed by atoms with E-state index in [0.717, 1.165) is 12.8 Å². The van der Waals surface area contributed by atoms with Gasteiger partial charge in [-0.25, -0.2) is 0 Å². The zero-order chi connectivity index (χ0) is 15.2. The number of carbonyl (C=O) groups is 3. The molecule has 0 saturated heterocycles. The van der Waals surface area contributed by atoms with Crippen LogP contribution < -0.4 is 11.1 Å². The van der Waals surface area contributed by atoms with Crippen LogP contribution in [-0.4, -0.2) is 24.4 Å². The third-order valence-electron chi connectivity index (χ3n) is 3.09. The Balaban J connectivity index is 1.76. The van der Waals surface area contributed by atoms with Gasteiger partial charge in [0.15, 0.2) is 6.61 Å². The van der Waals surface area contributed by atoms with Gasteiger partial charge in [-0.3, -0.25) is 14.4 Å². The van der Waals surface area contributed by atoms with Gasteiger partial charge in [0.1, 0.15) is 5.00 Å². The summed E-state index contributed by atoms with van der Waals surface area (Å²) in [7, 11) is 0. The van der Waals surface area contributed by atoms with Gasteiger partial charge in [-0.15, -0.1) is 11.3 Å². The molecule has 1 aliphatic rings. The number of esters is 1. The molecule has 0 radical (unpaired) electrons. The second-order valence-corrected chi connectivity index (χ2v) is 5.62. The molecule has 1 aromatic rings. The van der Waals surface area contributed by atoms with Crippen molar-refractivity contribution in [3.63, 3.8) is 0 Å². The Bertz CT molecular complexity index is 579. The van der Waals surface area contributed by atoms with E-state index in [0.29, 0.717) is 5.00 Å². The maximum absolute atomic E-state index is 11.7. The third-order valence-corrected chi connectivity index (χ3v) is 3.92. The maximum Gasteiger partial charge on any atom is 0.306 e. The lowest BCUT2D eigenvalue weighted by Gasteiger charge is -2.08. The first-order valence-corrected chi connectivity index (χ1v) is 7.43. The van der Waals surface area contributed by atoms with Gasteiger partial charge in [0, 0.05) is 0 Å². The predicted octanol–water partition coefficient (Wildman–Crippen LogP) is 1.68. The molecule has 1 aliphatic carbocycles. The molecule has 0 unspecified atom stereocenters. The van der Waals surface area contributed by atoms with Crippen molar-refractivity contribution in [3.8, 4) is 0 Å². The van der Waals surface area contributed by atoms with Crippen molar-refractivity contribution >= 4 is 34.1 Å². The number of ether oxygens (including phenoxy) is 1. The summed E-state index contributed by atoms with van der Waals surface area (Å²) in [6.07, 6.45) is 6.24. The quantitative estimate of drug-likeness (QED) is 0.617. The van der Waals surface area contributed by atoms with Crippen molar-refractivity contribution < 1.29 is 19.1 Å². The fraction of sp³-hybridized carbons (Fsp3) is 0.357. The van der Waals surface area contributed by atoms with E-state index >= 15 is 0 Å². The maximum atomic E-state index is 11.7. The van der Waals surface area contributed by atoms with E-state index in [1.807, 2.05) is 12.2 Å². The highest BCUT2D eigenvalue weighted by Gasteiger charge is 2.17. The Morgan fingerprint density at radius 3 is 2.90 bits per heavy atom. The van der Waals surface area contributed by atoms with Crippen LogP contribution in [0.2, 0.25) is 0 Å². The van der Waals surface area contributed by atoms with Gasteiger partial charge >= 0.3 is 5.97 Å². The molecule has 3 N–H and O–H groups in total. The molecule has 21 heavy (non-hydrogen) atoms. The average molecular weight is 308 g/mol. The van der Waals surface area contributed by atoms with Gasteiger partial charge in [-0.05, 0) is 30.2 Å². The van der Waals surface area contributed by atoms with Crippen molar-refractivity contribution in [1.82, 2.24) is 0 Å². The normalized spacial score (nSPS) is 16.7. The number of amides is 2. The van der Waals surface area contributed by atoms with Crippen molar-refractivity contribution in [2.24, 2.45) is 11.7 Å². The Kier molecular flexibility index (Phi) is 5.10. The van der Waals surface area contributed by atoms with Crippen molar-refractivity contribution in [1.29, 1.82) is 0 Å². The summed E-state index contributed by atoms with van der Waals surface area (Å²) in [6, 6.07) is 1.53. The number of nitrogens with one attached hydrogen (secondary N) is 1. The first-order chi connectivity index (χ1) is 10.1. The topological polar surface area (TPSA) is 98.5 Å². The van der Waals surface area contributed by atoms with Crippen LogP contribution in [0.4, 0.5) is 5.00 Å². The minimum Gasteiger partial charge on any atom is -0.456 e. The van der Waals surface area contributed by atoms with Gasteiger partial charge in [0.25, 0.3) is 11.8 Å². The number of hydrogen-bond acceptors (Lipinski definition) is 5. The fourth-order valence-electron chi connectivity index (χ4n) is 2.05. The summed E-state index contributed by atoms with van der Waals surface area (Å²) in [5, 5.41) is 4.52. The number of thiophene rings is 1. The zero-order valence-corrected chi connectivity index (χ0v) is 12.2. The van der Waals surface area contributed by atoms with Crippen LogP contribution in [0.1, 0.15) is 29.6 Å². The Hall–Kier alpha value is -2.15. The van der Waals surface area contributed by atoms with Crippen LogP contribution >= 0.6 is 11.3 Å². The minimum atomic E-state index is -0.614. The Labute approximate surface area is 126 Å². The number of carbonyl (C=O) groups excluding carboxylic acids is 3. The lowest BCUT2D eigenvalue weighted by molar-refractivity contribution is -0.147. The van der Waals surface area contributed by atoms with E-state index in [-0.39, 0.29) is 24.5 Å². The van der Waals surface area contributed by atoms with Crippen LogP contribution in [0.3, 0.4) is 0 Å². The number of anilines is 1. The second-order valence-electron chi connectivity index (χ2n) is 4.71. The molecule has 2 amide bonds. The van der Waals surface area contributed by atoms with Crippen LogP contribution in [0.15, 0.2) is 23.6 Å². The molecular weight excluding hydrogens is 292 g/mol. The molecule has 0 saturated carbocycles. The summed E-state index contributed by atoms with van der Waals surface area (Å²) in [6.45, 7) is -0.370. The van der Waals surface area contributed by atoms with Gasteiger partial charge in [-0.1, -0.05) is 12.2 Å². The van der Waals surface area contributed by atoms with Gasteiger partial charge in [0.2, 0.25) is 0 Å². The number of primary amides is 1. The molecule has 0 spiro atoms. The summed E-state index contributed by atoms with van der Waals surface area (Å²) in [4.78, 5) is 34.4. The van der Waals surface area contributed by atoms with E-state index in [1.165, 1.54) is 17.4 Å². The molecule has 1 atom stereocenters. The number of allylic oxidation sites excluding steroid dienone is 2. The molecule has 2 rings (SSSR count). The monoisotopic (exact) mass is 308 g/mol. The molecule has 1 aromatic heterocycles. The van der Waals surface area contributed by atoms with Crippen molar-refractivity contribution in [2.75, 3.05) is 11.9 Å². The number of nitrogens with two attached hydrogens (primary N) is 1. The molecule has 0 fully saturated rings. The summed E-state index contributed by atoms with van der Waals surface area (Å²) in [5.41, 5.74) is 5.42. The fourth-order valence-corrected chi connectivity index (χ4v) is 2.86. The third kappa shape index (κ3) is 4.42. The smallest absolute Gasteiger partial charge is 0.306 e. The highest BCUT2D eigenvalue weighted by Crippen LogP contribution is 2.23. The van der Waals surface area contributed by atoms with E-state index < -0.39 is 17.8 Å². The van der Waals surface area contributed by atoms with Crippen LogP contribution in [0, 0.1) is 5.92 Å². The van der Waals surface area contributed by atoms with Gasteiger partial charge in [0.05, 0.1) is 12.0 Å². The molecule has 7 heteroatoms. The lowest BCUT2D eigenvalue weighted by atomic mass is 10.1. The van der Waals surface area contributed by atoms with Gasteiger partial charge in [-0.2, -0.15) is 0 Å². The van der Waals surface area contributed by atoms with E-state index in [9.17, 15) is 14.4 Å². The summed E-state index contributed by atoms with van der Waals surface area (Å²) in [5.74, 6) is -1.30. The van der Waals surface area contributed by atoms with Crippen molar-refractivity contribution in [2.45, 2.75) is 19.3 Å². The Morgan fingerprint density at radius 1 is 1.43 bits per heavy atom. The standard InChI is InChI=1S/C14H16N2O4S/c15-13(19)10-5-6-21-14(10)16-11(17)8-20-12(18)7-9-3-1-2-4-9/h1,3,5-6,9H,2,4,7-8H2,(H2,15,19)(H,16,17)/t9-/m1/s1. The summed E-state index contributed by atoms with van der Waals surface area (Å²) < 4.78 is 4.92. The molecule has 112 valence electrons. The molecular formula is C14H16N2O4S. The number of rotatable bonds is 6. The van der Waals surface area contributed by atoms with Crippen LogP contribution in [0.5, 0.6) is 0 Å². The van der Waals surface area contributed by atoms with E-state index in [1.54, 1.807) is 5.38 Å². The van der Waals surface area contributed by atoms with Gasteiger partial charge < -0.3 is 15.8 Å². The molecule has 6 nitrogen and oxygen atoms in total. The Morgan fingerprint density at radius 2 is 2.24 bits per heavy atom. The SMILES string of the molecule is NC(=O)c1ccsc1NC(=O)COC(=O)C[C@@H]1C=CCC1. The first kappa shape index (κ1) is 15.2. The summed E-state index contributed by atoms with van der Waals surface area (Å²) >= 11 is 1.18. The second kappa shape index (κ2) is 7.03. The average Bonchev–Trinajstić information content (AvgIpc) is 3.07. The highest BCUT2D eigenvalue weighted by atomic mass is 32.1. The highest BCUT2D eigenvalue weighted by molar-refractivity contribution is 7.14. The number of hydrogen-bond donors (Lipinski definition) is 2. The first-order valence-electron chi connectivity index (χ1n) is 6.55. The van der Waals surface area contributed by atoms with Crippen molar-refractivity contribution in [3.05, 3.63) is 29.2 Å². The van der Waals surface area contributed by atoms with Crippen LogP contribution in [-0.2, 0) is 14.3 Å². The van der Waals surface area contributed by atoms with E-state index in [4.69, 9.17) is 10.5 Å². The predicted molar refractivity (Wildman–Crippen MR) is 78.9 cm³/mol. The molecule has 0 bridgehead atoms. The largest absolute Gasteiger partial charge is 0.456 e. The van der Waals surface area contributed by atoms with E-state index in [2.05, 4.69) is 5.32 Å². The van der Waals surface area contributed by atoms with Crippen LogP contribution in [0.25, 0.3) is 0 Å². The minimum absolute atomic E-state index is 0.208. The zero-order valence-electron chi connectivity index (χ0n) is 11.3. The molecule has 0 aliphatic heterocycles. The molecule has 0 aromatic carbocycles. The molecule has 1 heterocycles. The lowest BCUT2D eigenvalue weighted by Crippen LogP contribution is -2.22.